The van der Waals surface area contributed by atoms with Crippen LogP contribution < -0.4 is 10.0 Å². The number of halogens is 1. The topological polar surface area (TPSA) is 60.2 Å². The number of aliphatic imine (C=N–C) groups is 1. The minimum Gasteiger partial charge on any atom is -0.872 e. The number of rotatable bonds is 2. The lowest BCUT2D eigenvalue weighted by Gasteiger charge is -2.32. The molecule has 2 aliphatic rings. The molecule has 4 rings (SSSR count). The van der Waals surface area contributed by atoms with E-state index in [1.165, 1.54) is 30.0 Å². The maximum Gasteiger partial charge on any atom is 0.286 e. The van der Waals surface area contributed by atoms with Crippen molar-refractivity contribution in [2.24, 2.45) is 4.99 Å². The van der Waals surface area contributed by atoms with Crippen LogP contribution in [0.4, 0.5) is 10.1 Å². The van der Waals surface area contributed by atoms with Crippen LogP contribution in [0.25, 0.3) is 6.08 Å². The van der Waals surface area contributed by atoms with E-state index < -0.39 is 0 Å². The molecule has 0 radical (unpaired) electrons. The van der Waals surface area contributed by atoms with Crippen molar-refractivity contribution in [2.75, 3.05) is 26.2 Å². The molecular weight excluding hydrogens is 365 g/mol. The van der Waals surface area contributed by atoms with Crippen LogP contribution in [-0.2, 0) is 4.79 Å². The summed E-state index contributed by atoms with van der Waals surface area (Å²) in [6.45, 7) is 2.92. The summed E-state index contributed by atoms with van der Waals surface area (Å²) in [5.74, 6) is -0.502. The van der Waals surface area contributed by atoms with E-state index in [0.717, 1.165) is 23.6 Å². The van der Waals surface area contributed by atoms with E-state index in [0.29, 0.717) is 28.8 Å². The SMILES string of the molecule is O=C1N=C(N2CC[NH+](c3ccccc3F)CC2)SC1=Cc1ccc([O-])cc1. The first-order chi connectivity index (χ1) is 13.1. The number of carbonyl (C=O) groups is 1. The Morgan fingerprint density at radius 1 is 1.11 bits per heavy atom. The molecule has 1 amide bonds. The molecule has 0 aromatic heterocycles. The van der Waals surface area contributed by atoms with Crippen molar-refractivity contribution in [1.82, 2.24) is 4.90 Å². The number of nitrogens with one attached hydrogen (secondary N) is 1. The summed E-state index contributed by atoms with van der Waals surface area (Å²) < 4.78 is 14.0. The van der Waals surface area contributed by atoms with Crippen LogP contribution >= 0.6 is 11.8 Å². The van der Waals surface area contributed by atoms with E-state index in [9.17, 15) is 14.3 Å². The van der Waals surface area contributed by atoms with Gasteiger partial charge in [0.2, 0.25) is 0 Å². The molecule has 2 aromatic carbocycles. The van der Waals surface area contributed by atoms with Crippen LogP contribution in [-0.4, -0.2) is 42.2 Å². The van der Waals surface area contributed by atoms with Crippen LogP contribution in [0.1, 0.15) is 5.56 Å². The van der Waals surface area contributed by atoms with Crippen molar-refractivity contribution in [2.45, 2.75) is 0 Å². The number of quaternary nitrogens is 1. The molecule has 0 unspecified atom stereocenters. The zero-order valence-corrected chi connectivity index (χ0v) is 15.3. The van der Waals surface area contributed by atoms with Gasteiger partial charge < -0.3 is 10.0 Å². The van der Waals surface area contributed by atoms with E-state index in [2.05, 4.69) is 9.89 Å². The highest BCUT2D eigenvalue weighted by Crippen LogP contribution is 2.30. The number of hydrogen-bond donors (Lipinski definition) is 1. The fourth-order valence-corrected chi connectivity index (χ4v) is 4.20. The fraction of sp³-hybridized carbons (Fsp3) is 0.200. The van der Waals surface area contributed by atoms with Crippen molar-refractivity contribution in [3.8, 4) is 5.75 Å². The Morgan fingerprint density at radius 3 is 2.52 bits per heavy atom. The maximum atomic E-state index is 14.0. The number of hydrogen-bond acceptors (Lipinski definition) is 4. The van der Waals surface area contributed by atoms with Gasteiger partial charge in [-0.1, -0.05) is 36.4 Å². The second kappa shape index (κ2) is 7.54. The number of amides is 1. The minimum atomic E-state index is -0.259. The van der Waals surface area contributed by atoms with Crippen molar-refractivity contribution >= 4 is 34.6 Å². The molecule has 138 valence electrons. The molecule has 1 N–H and O–H groups in total. The molecule has 1 fully saturated rings. The van der Waals surface area contributed by atoms with Gasteiger partial charge in [0, 0.05) is 6.07 Å². The Bertz CT molecular complexity index is 919. The number of benzene rings is 2. The molecule has 0 bridgehead atoms. The Hall–Kier alpha value is -2.64. The van der Waals surface area contributed by atoms with Gasteiger partial charge >= 0.3 is 0 Å². The number of carbonyl (C=O) groups excluding carboxylic acids is 1. The van der Waals surface area contributed by atoms with Gasteiger partial charge in [0.1, 0.15) is 0 Å². The lowest BCUT2D eigenvalue weighted by Crippen LogP contribution is -3.10. The van der Waals surface area contributed by atoms with Crippen LogP contribution in [0.5, 0.6) is 5.75 Å². The van der Waals surface area contributed by atoms with Crippen LogP contribution in [0.15, 0.2) is 58.4 Å². The van der Waals surface area contributed by atoms with Gasteiger partial charge in [-0.15, -0.1) is 5.75 Å². The number of para-hydroxylation sites is 1. The average Bonchev–Trinajstić information content (AvgIpc) is 3.05. The molecule has 0 atom stereocenters. The highest BCUT2D eigenvalue weighted by molar-refractivity contribution is 8.18. The number of thioether (sulfide) groups is 1. The highest BCUT2D eigenvalue weighted by Gasteiger charge is 2.30. The van der Waals surface area contributed by atoms with Crippen LogP contribution in [0.3, 0.4) is 0 Å². The van der Waals surface area contributed by atoms with Crippen molar-refractivity contribution in [3.63, 3.8) is 0 Å². The largest absolute Gasteiger partial charge is 0.872 e. The van der Waals surface area contributed by atoms with E-state index in [1.807, 2.05) is 12.1 Å². The van der Waals surface area contributed by atoms with Crippen molar-refractivity contribution < 1.29 is 19.2 Å². The second-order valence-electron chi connectivity index (χ2n) is 6.45. The highest BCUT2D eigenvalue weighted by atomic mass is 32.2. The zero-order chi connectivity index (χ0) is 18.8. The third kappa shape index (κ3) is 3.89. The standard InChI is InChI=1S/C20H18FN3O2S/c21-16-3-1-2-4-17(16)23-9-11-24(12-10-23)20-22-19(26)18(27-20)13-14-5-7-15(25)8-6-14/h1-8,13,25H,9-12H2. The molecule has 0 aliphatic carbocycles. The van der Waals surface area contributed by atoms with Gasteiger partial charge in [0.25, 0.3) is 5.91 Å². The van der Waals surface area contributed by atoms with Crippen molar-refractivity contribution in [3.05, 3.63) is 64.8 Å². The number of amidine groups is 1. The normalized spacial score (nSPS) is 19.6. The maximum absolute atomic E-state index is 14.0. The quantitative estimate of drug-likeness (QED) is 0.797. The van der Waals surface area contributed by atoms with Gasteiger partial charge in [-0.25, -0.2) is 4.39 Å². The van der Waals surface area contributed by atoms with Gasteiger partial charge in [0.05, 0.1) is 31.1 Å². The summed E-state index contributed by atoms with van der Waals surface area (Å²) in [6, 6.07) is 13.2. The summed E-state index contributed by atoms with van der Waals surface area (Å²) in [4.78, 5) is 20.1. The minimum absolute atomic E-state index is 0.0604. The predicted octanol–water partition coefficient (Wildman–Crippen LogP) is 1.40. The molecule has 1 saturated heterocycles. The van der Waals surface area contributed by atoms with Crippen LogP contribution in [0.2, 0.25) is 0 Å². The first kappa shape index (κ1) is 17.8. The number of nitrogens with zero attached hydrogens (tertiary/aromatic N) is 2. The molecule has 2 aromatic rings. The van der Waals surface area contributed by atoms with Gasteiger partial charge in [-0.2, -0.15) is 4.99 Å². The first-order valence-electron chi connectivity index (χ1n) is 8.74. The number of piperazine rings is 1. The first-order valence-corrected chi connectivity index (χ1v) is 9.56. The van der Waals surface area contributed by atoms with E-state index >= 15 is 0 Å². The Kier molecular flexibility index (Phi) is 4.96. The van der Waals surface area contributed by atoms with Gasteiger partial charge in [-0.05, 0) is 29.5 Å². The summed E-state index contributed by atoms with van der Waals surface area (Å²) in [6.07, 6.45) is 1.75. The lowest BCUT2D eigenvalue weighted by molar-refractivity contribution is -0.838. The third-order valence-electron chi connectivity index (χ3n) is 4.68. The molecule has 0 saturated carbocycles. The molecule has 7 heteroatoms. The summed E-state index contributed by atoms with van der Waals surface area (Å²) >= 11 is 1.35. The van der Waals surface area contributed by atoms with Gasteiger partial charge in [0.15, 0.2) is 16.7 Å². The molecule has 2 aliphatic heterocycles. The third-order valence-corrected chi connectivity index (χ3v) is 5.72. The van der Waals surface area contributed by atoms with Gasteiger partial charge in [-0.3, -0.25) is 9.69 Å². The summed E-state index contributed by atoms with van der Waals surface area (Å²) in [5.41, 5.74) is 1.49. The Labute approximate surface area is 160 Å². The lowest BCUT2D eigenvalue weighted by atomic mass is 10.2. The average molecular weight is 383 g/mol. The molecule has 27 heavy (non-hydrogen) atoms. The fourth-order valence-electron chi connectivity index (χ4n) is 3.23. The van der Waals surface area contributed by atoms with E-state index in [4.69, 9.17) is 0 Å². The summed E-state index contributed by atoms with van der Waals surface area (Å²) in [7, 11) is 0. The Balaban J connectivity index is 1.41. The van der Waals surface area contributed by atoms with E-state index in [-0.39, 0.29) is 17.5 Å². The Morgan fingerprint density at radius 2 is 1.81 bits per heavy atom. The second-order valence-corrected chi connectivity index (χ2v) is 7.46. The molecule has 5 nitrogen and oxygen atoms in total. The molecular formula is C20H18FN3O2S. The van der Waals surface area contributed by atoms with Crippen LogP contribution in [0, 0.1) is 5.82 Å². The molecule has 2 heterocycles. The van der Waals surface area contributed by atoms with Crippen molar-refractivity contribution in [1.29, 1.82) is 0 Å². The monoisotopic (exact) mass is 383 g/mol. The predicted molar refractivity (Wildman–Crippen MR) is 102 cm³/mol. The zero-order valence-electron chi connectivity index (χ0n) is 14.5. The van der Waals surface area contributed by atoms with E-state index in [1.54, 1.807) is 24.3 Å². The smallest absolute Gasteiger partial charge is 0.286 e. The summed E-state index contributed by atoms with van der Waals surface area (Å²) in [5, 5.41) is 11.9. The molecule has 0 spiro atoms.